The van der Waals surface area contributed by atoms with E-state index < -0.39 is 6.10 Å². The van der Waals surface area contributed by atoms with Crippen LogP contribution in [0.1, 0.15) is 181 Å². The van der Waals surface area contributed by atoms with Crippen LogP contribution in [-0.4, -0.2) is 36.4 Å². The standard InChI is InChI=1S/C35H66O5/c1-3-5-7-9-11-13-15-17-19-21-23-25-27-29-34(37)39-31-33(36)32-40-35(38)30-28-26-24-22-20-18-16-14-12-10-8-6-4-2/h17,19,33,36H,3-16,18,20-32H2,1-2H3/b19-17-/t33-/m0/s1. The van der Waals surface area contributed by atoms with Gasteiger partial charge in [0.25, 0.3) is 0 Å². The molecule has 0 bridgehead atoms. The van der Waals surface area contributed by atoms with E-state index in [9.17, 15) is 14.7 Å². The van der Waals surface area contributed by atoms with E-state index in [1.165, 1.54) is 109 Å². The molecule has 0 aliphatic heterocycles. The number of aliphatic hydroxyl groups is 1. The maximum atomic E-state index is 11.9. The van der Waals surface area contributed by atoms with Gasteiger partial charge >= 0.3 is 11.9 Å². The molecular formula is C35H66O5. The van der Waals surface area contributed by atoms with Gasteiger partial charge < -0.3 is 14.6 Å². The van der Waals surface area contributed by atoms with Crippen molar-refractivity contribution in [3.8, 4) is 0 Å². The topological polar surface area (TPSA) is 72.8 Å². The largest absolute Gasteiger partial charge is 0.463 e. The average molecular weight is 567 g/mol. The third-order valence-electron chi connectivity index (χ3n) is 7.50. The molecule has 0 heterocycles. The highest BCUT2D eigenvalue weighted by atomic mass is 16.6. The predicted molar refractivity (Wildman–Crippen MR) is 168 cm³/mol. The molecule has 0 aromatic carbocycles. The maximum absolute atomic E-state index is 11.9. The van der Waals surface area contributed by atoms with Crippen molar-refractivity contribution >= 4 is 11.9 Å². The molecule has 5 nitrogen and oxygen atoms in total. The summed E-state index contributed by atoms with van der Waals surface area (Å²) >= 11 is 0. The lowest BCUT2D eigenvalue weighted by Crippen LogP contribution is -2.25. The second-order valence-corrected chi connectivity index (χ2v) is 11.6. The molecule has 0 aromatic rings. The van der Waals surface area contributed by atoms with Crippen LogP contribution in [0, 0.1) is 0 Å². The van der Waals surface area contributed by atoms with Gasteiger partial charge in [0, 0.05) is 12.8 Å². The Morgan fingerprint density at radius 2 is 0.800 bits per heavy atom. The number of unbranched alkanes of at least 4 members (excludes halogenated alkanes) is 21. The van der Waals surface area contributed by atoms with Gasteiger partial charge in [-0.3, -0.25) is 9.59 Å². The van der Waals surface area contributed by atoms with Gasteiger partial charge in [-0.1, -0.05) is 142 Å². The van der Waals surface area contributed by atoms with Gasteiger partial charge in [0.1, 0.15) is 19.3 Å². The number of ether oxygens (including phenoxy) is 2. The van der Waals surface area contributed by atoms with Crippen molar-refractivity contribution in [2.75, 3.05) is 13.2 Å². The molecule has 0 saturated heterocycles. The SMILES string of the molecule is CCCCCCCC/C=C\CCCCCC(=O)OC[C@H](O)COC(=O)CCCCCCCCCCCCCCC. The summed E-state index contributed by atoms with van der Waals surface area (Å²) < 4.78 is 10.3. The highest BCUT2D eigenvalue weighted by molar-refractivity contribution is 5.69. The van der Waals surface area contributed by atoms with Gasteiger partial charge in [-0.25, -0.2) is 0 Å². The van der Waals surface area contributed by atoms with Crippen LogP contribution >= 0.6 is 0 Å². The number of esters is 2. The first kappa shape index (κ1) is 38.6. The molecule has 0 amide bonds. The first-order valence-electron chi connectivity index (χ1n) is 17.2. The third kappa shape index (κ3) is 31.2. The van der Waals surface area contributed by atoms with Crippen LogP contribution < -0.4 is 0 Å². The van der Waals surface area contributed by atoms with Crippen molar-refractivity contribution in [2.24, 2.45) is 0 Å². The maximum Gasteiger partial charge on any atom is 0.305 e. The smallest absolute Gasteiger partial charge is 0.305 e. The van der Waals surface area contributed by atoms with Gasteiger partial charge in [0.2, 0.25) is 0 Å². The Morgan fingerprint density at radius 3 is 1.18 bits per heavy atom. The lowest BCUT2D eigenvalue weighted by molar-refractivity contribution is -0.152. The quantitative estimate of drug-likeness (QED) is 0.0513. The number of hydrogen-bond acceptors (Lipinski definition) is 5. The summed E-state index contributed by atoms with van der Waals surface area (Å²) in [5.41, 5.74) is 0. The predicted octanol–water partition coefficient (Wildman–Crippen LogP) is 10.2. The lowest BCUT2D eigenvalue weighted by Gasteiger charge is -2.12. The number of aliphatic hydroxyl groups excluding tert-OH is 1. The molecule has 1 N–H and O–H groups in total. The Bertz CT molecular complexity index is 574. The van der Waals surface area contributed by atoms with Gasteiger partial charge in [-0.05, 0) is 38.5 Å². The molecule has 0 unspecified atom stereocenters. The third-order valence-corrected chi connectivity index (χ3v) is 7.50. The number of allylic oxidation sites excluding steroid dienone is 2. The lowest BCUT2D eigenvalue weighted by atomic mass is 10.0. The highest BCUT2D eigenvalue weighted by Crippen LogP contribution is 2.13. The molecule has 0 radical (unpaired) electrons. The van der Waals surface area contributed by atoms with E-state index in [2.05, 4.69) is 26.0 Å². The van der Waals surface area contributed by atoms with Gasteiger partial charge in [0.15, 0.2) is 0 Å². The van der Waals surface area contributed by atoms with Crippen molar-refractivity contribution in [1.29, 1.82) is 0 Å². The van der Waals surface area contributed by atoms with Crippen molar-refractivity contribution in [2.45, 2.75) is 187 Å². The molecule has 1 atom stereocenters. The first-order valence-corrected chi connectivity index (χ1v) is 17.2. The van der Waals surface area contributed by atoms with Gasteiger partial charge in [0.05, 0.1) is 0 Å². The van der Waals surface area contributed by atoms with E-state index in [0.29, 0.717) is 12.8 Å². The summed E-state index contributed by atoms with van der Waals surface area (Å²) in [6.45, 7) is 4.27. The van der Waals surface area contributed by atoms with Crippen molar-refractivity contribution in [1.82, 2.24) is 0 Å². The minimum absolute atomic E-state index is 0.115. The summed E-state index contributed by atoms with van der Waals surface area (Å²) in [5.74, 6) is -0.578. The Kier molecular flexibility index (Phi) is 31.1. The summed E-state index contributed by atoms with van der Waals surface area (Å²) in [4.78, 5) is 23.8. The molecule has 0 saturated carbocycles. The van der Waals surface area contributed by atoms with Crippen LogP contribution in [0.3, 0.4) is 0 Å². The summed E-state index contributed by atoms with van der Waals surface area (Å²) in [6.07, 6.45) is 34.0. The molecular weight excluding hydrogens is 500 g/mol. The first-order chi connectivity index (χ1) is 19.6. The summed E-state index contributed by atoms with van der Waals surface area (Å²) in [7, 11) is 0. The van der Waals surface area contributed by atoms with Crippen molar-refractivity contribution in [3.05, 3.63) is 12.2 Å². The van der Waals surface area contributed by atoms with E-state index in [1.807, 2.05) is 0 Å². The molecule has 0 aliphatic rings. The number of rotatable bonds is 31. The van der Waals surface area contributed by atoms with E-state index in [0.717, 1.165) is 44.9 Å². The molecule has 5 heteroatoms. The fraction of sp³-hybridized carbons (Fsp3) is 0.886. The van der Waals surface area contributed by atoms with Crippen LogP contribution in [0.25, 0.3) is 0 Å². The Morgan fingerprint density at radius 1 is 0.500 bits per heavy atom. The monoisotopic (exact) mass is 566 g/mol. The van der Waals surface area contributed by atoms with E-state index >= 15 is 0 Å². The van der Waals surface area contributed by atoms with E-state index in [4.69, 9.17) is 9.47 Å². The Hall–Kier alpha value is -1.36. The van der Waals surface area contributed by atoms with Crippen LogP contribution in [-0.2, 0) is 19.1 Å². The number of carbonyl (C=O) groups is 2. The Labute approximate surface area is 248 Å². The molecule has 236 valence electrons. The van der Waals surface area contributed by atoms with E-state index in [1.54, 1.807) is 0 Å². The minimum atomic E-state index is -0.962. The molecule has 0 fully saturated rings. The zero-order valence-electron chi connectivity index (χ0n) is 26.6. The van der Waals surface area contributed by atoms with Crippen LogP contribution in [0.15, 0.2) is 12.2 Å². The molecule has 0 rings (SSSR count). The molecule has 40 heavy (non-hydrogen) atoms. The Balaban J connectivity index is 3.44. The van der Waals surface area contributed by atoms with Gasteiger partial charge in [-0.15, -0.1) is 0 Å². The van der Waals surface area contributed by atoms with Crippen LogP contribution in [0.5, 0.6) is 0 Å². The average Bonchev–Trinajstić information content (AvgIpc) is 2.95. The normalized spacial score (nSPS) is 12.2. The highest BCUT2D eigenvalue weighted by Gasteiger charge is 2.12. The minimum Gasteiger partial charge on any atom is -0.463 e. The zero-order valence-corrected chi connectivity index (χ0v) is 26.6. The number of hydrogen-bond donors (Lipinski definition) is 1. The second kappa shape index (κ2) is 32.2. The van der Waals surface area contributed by atoms with Crippen LogP contribution in [0.4, 0.5) is 0 Å². The fourth-order valence-corrected chi connectivity index (χ4v) is 4.84. The fourth-order valence-electron chi connectivity index (χ4n) is 4.84. The molecule has 0 spiro atoms. The van der Waals surface area contributed by atoms with Crippen molar-refractivity contribution in [3.63, 3.8) is 0 Å². The second-order valence-electron chi connectivity index (χ2n) is 11.6. The van der Waals surface area contributed by atoms with Crippen LogP contribution in [0.2, 0.25) is 0 Å². The molecule has 0 aromatic heterocycles. The number of carbonyl (C=O) groups excluding carboxylic acids is 2. The zero-order chi connectivity index (χ0) is 29.4. The molecule has 0 aliphatic carbocycles. The van der Waals surface area contributed by atoms with Crippen molar-refractivity contribution < 1.29 is 24.2 Å². The van der Waals surface area contributed by atoms with Gasteiger partial charge in [-0.2, -0.15) is 0 Å². The van der Waals surface area contributed by atoms with E-state index in [-0.39, 0.29) is 25.2 Å². The summed E-state index contributed by atoms with van der Waals surface area (Å²) in [6, 6.07) is 0. The summed E-state index contributed by atoms with van der Waals surface area (Å²) in [5, 5.41) is 9.95.